The first-order valence-corrected chi connectivity index (χ1v) is 15.2. The van der Waals surface area contributed by atoms with Crippen molar-refractivity contribution in [3.63, 3.8) is 0 Å². The molecule has 0 radical (unpaired) electrons. The summed E-state index contributed by atoms with van der Waals surface area (Å²) in [6.07, 6.45) is 0.676. The summed E-state index contributed by atoms with van der Waals surface area (Å²) >= 11 is 2.40. The summed E-state index contributed by atoms with van der Waals surface area (Å²) in [5.74, 6) is -0.660. The number of anilines is 1. The average molecular weight is 604 g/mol. The van der Waals surface area contributed by atoms with Gasteiger partial charge in [-0.1, -0.05) is 53.4 Å². The Kier molecular flexibility index (Phi) is 7.70. The minimum absolute atomic E-state index is 0.00661. The summed E-state index contributed by atoms with van der Waals surface area (Å²) in [7, 11) is 0. The summed E-state index contributed by atoms with van der Waals surface area (Å²) in [5, 5.41) is 20.2. The van der Waals surface area contributed by atoms with Crippen molar-refractivity contribution in [2.45, 2.75) is 42.5 Å². The number of thioether (sulfide) groups is 1. The van der Waals surface area contributed by atoms with Crippen molar-refractivity contribution in [3.05, 3.63) is 100 Å². The predicted octanol–water partition coefficient (Wildman–Crippen LogP) is 6.32. The number of aliphatic hydroxyl groups excluding tert-OH is 1. The molecule has 0 saturated carbocycles. The molecule has 0 aliphatic carbocycles. The number of aliphatic hydroxyl groups is 1. The molecule has 6 rings (SSSR count). The highest BCUT2D eigenvalue weighted by Crippen LogP contribution is 2.45. The molecule has 0 spiro atoms. The Morgan fingerprint density at radius 3 is 2.79 bits per heavy atom. The summed E-state index contributed by atoms with van der Waals surface area (Å²) < 4.78 is 26.1. The van der Waals surface area contributed by atoms with Gasteiger partial charge in [0.1, 0.15) is 29.2 Å². The minimum Gasteiger partial charge on any atom is -0.507 e. The Bertz CT molecular complexity index is 1720. The Morgan fingerprint density at radius 1 is 1.14 bits per heavy atom. The molecular weight excluding hydrogens is 577 g/mol. The highest BCUT2D eigenvalue weighted by Gasteiger charge is 2.48. The molecule has 0 unspecified atom stereocenters. The van der Waals surface area contributed by atoms with Gasteiger partial charge in [-0.3, -0.25) is 14.5 Å². The zero-order valence-corrected chi connectivity index (χ0v) is 24.4. The number of carbonyl (C=O) groups excluding carboxylic acids is 2. The molecular formula is C31H26FN3O5S2. The number of carbonyl (C=O) groups is 2. The monoisotopic (exact) mass is 603 g/mol. The first-order chi connectivity index (χ1) is 20.3. The van der Waals surface area contributed by atoms with Crippen LogP contribution in [0.4, 0.5) is 9.52 Å². The highest BCUT2D eigenvalue weighted by molar-refractivity contribution is 8.00. The lowest BCUT2D eigenvalue weighted by Gasteiger charge is -2.23. The maximum absolute atomic E-state index is 14.1. The van der Waals surface area contributed by atoms with Crippen molar-refractivity contribution in [2.24, 2.45) is 0 Å². The first-order valence-electron chi connectivity index (χ1n) is 13.4. The number of ether oxygens (including phenoxy) is 2. The quantitative estimate of drug-likeness (QED) is 0.0821. The Labute approximate surface area is 249 Å². The normalized spacial score (nSPS) is 19.2. The van der Waals surface area contributed by atoms with Crippen LogP contribution < -0.4 is 14.4 Å². The molecule has 1 aromatic heterocycles. The molecule has 2 aliphatic rings. The molecule has 8 nitrogen and oxygen atoms in total. The molecule has 1 fully saturated rings. The van der Waals surface area contributed by atoms with E-state index in [1.54, 1.807) is 60.7 Å². The number of hydrogen-bond donors (Lipinski definition) is 1. The van der Waals surface area contributed by atoms with Gasteiger partial charge < -0.3 is 14.6 Å². The molecule has 3 aromatic carbocycles. The van der Waals surface area contributed by atoms with Crippen LogP contribution in [0.5, 0.6) is 11.5 Å². The zero-order chi connectivity index (χ0) is 29.4. The molecule has 3 heterocycles. The number of amides is 1. The average Bonchev–Trinajstić information content (AvgIpc) is 3.67. The number of benzene rings is 3. The number of Topliss-reactive ketones (excluding diaryl/α,β-unsaturated/α-hetero) is 1. The molecule has 11 heteroatoms. The van der Waals surface area contributed by atoms with Crippen molar-refractivity contribution < 1.29 is 28.6 Å². The third-order valence-corrected chi connectivity index (χ3v) is 9.11. The number of rotatable bonds is 8. The third kappa shape index (κ3) is 5.25. The van der Waals surface area contributed by atoms with Gasteiger partial charge >= 0.3 is 5.91 Å². The molecule has 2 atom stereocenters. The van der Waals surface area contributed by atoms with E-state index in [1.807, 2.05) is 13.8 Å². The van der Waals surface area contributed by atoms with E-state index in [0.29, 0.717) is 45.6 Å². The second-order valence-corrected chi connectivity index (χ2v) is 12.0. The fourth-order valence-electron chi connectivity index (χ4n) is 5.12. The smallest absolute Gasteiger partial charge is 0.301 e. The Morgan fingerprint density at radius 2 is 1.98 bits per heavy atom. The van der Waals surface area contributed by atoms with Gasteiger partial charge in [-0.25, -0.2) is 4.39 Å². The van der Waals surface area contributed by atoms with Crippen LogP contribution in [0.1, 0.15) is 42.1 Å². The second-order valence-electron chi connectivity index (χ2n) is 9.86. The first kappa shape index (κ1) is 27.9. The molecule has 214 valence electrons. The predicted molar refractivity (Wildman–Crippen MR) is 158 cm³/mol. The maximum atomic E-state index is 14.1. The van der Waals surface area contributed by atoms with E-state index in [-0.39, 0.29) is 28.4 Å². The van der Waals surface area contributed by atoms with Gasteiger partial charge in [0.15, 0.2) is 4.34 Å². The van der Waals surface area contributed by atoms with E-state index in [0.717, 1.165) is 22.6 Å². The standard InChI is InChI=1S/C31H26FN3O5S2/c1-3-39-22-9-6-8-18(15-22)26-25(27(36)19-11-12-24-21(14-19)13-17(2)40-24)28(37)29(38)35(26)30-33-34-31(42-30)41-16-20-7-4-5-10-23(20)32/h4-12,14-15,17,26,36H,3,13,16H2,1-2H3/b27-25+/t17-,26-/m0/s1. The van der Waals surface area contributed by atoms with Crippen LogP contribution in [0.15, 0.2) is 76.6 Å². The molecule has 42 heavy (non-hydrogen) atoms. The SMILES string of the molecule is CCOc1cccc([C@H]2/C(=C(\O)c3ccc4c(c3)C[C@H](C)O4)C(=O)C(=O)N2c2nnc(SCc3ccccc3F)s2)c1. The van der Waals surface area contributed by atoms with Gasteiger partial charge in [0, 0.05) is 17.7 Å². The van der Waals surface area contributed by atoms with E-state index in [4.69, 9.17) is 9.47 Å². The van der Waals surface area contributed by atoms with Crippen LogP contribution in [-0.4, -0.2) is 39.7 Å². The lowest BCUT2D eigenvalue weighted by atomic mass is 9.94. The topological polar surface area (TPSA) is 102 Å². The second kappa shape index (κ2) is 11.6. The van der Waals surface area contributed by atoms with E-state index >= 15 is 0 Å². The molecule has 2 aliphatic heterocycles. The number of ketones is 1. The summed E-state index contributed by atoms with van der Waals surface area (Å²) in [6, 6.07) is 17.8. The number of fused-ring (bicyclic) bond motifs is 1. The summed E-state index contributed by atoms with van der Waals surface area (Å²) in [5.41, 5.74) is 2.35. The van der Waals surface area contributed by atoms with Crippen molar-refractivity contribution in [1.29, 1.82) is 0 Å². The maximum Gasteiger partial charge on any atom is 0.301 e. The fraction of sp³-hybridized carbons (Fsp3) is 0.226. The number of nitrogens with zero attached hydrogens (tertiary/aromatic N) is 3. The van der Waals surface area contributed by atoms with Crippen molar-refractivity contribution in [3.8, 4) is 11.5 Å². The highest BCUT2D eigenvalue weighted by atomic mass is 32.2. The summed E-state index contributed by atoms with van der Waals surface area (Å²) in [6.45, 7) is 4.25. The summed E-state index contributed by atoms with van der Waals surface area (Å²) in [4.78, 5) is 28.4. The van der Waals surface area contributed by atoms with E-state index in [1.165, 1.54) is 22.7 Å². The van der Waals surface area contributed by atoms with Crippen molar-refractivity contribution >= 4 is 45.7 Å². The van der Waals surface area contributed by atoms with Crippen LogP contribution in [0.3, 0.4) is 0 Å². The largest absolute Gasteiger partial charge is 0.507 e. The number of aromatic nitrogens is 2. The van der Waals surface area contributed by atoms with Crippen molar-refractivity contribution in [1.82, 2.24) is 10.2 Å². The van der Waals surface area contributed by atoms with Gasteiger partial charge in [-0.05, 0) is 66.9 Å². The Hall–Kier alpha value is -4.22. The Balaban J connectivity index is 1.40. The third-order valence-electron chi connectivity index (χ3n) is 7.01. The van der Waals surface area contributed by atoms with Gasteiger partial charge in [0.25, 0.3) is 5.78 Å². The van der Waals surface area contributed by atoms with Crippen LogP contribution >= 0.6 is 23.1 Å². The van der Waals surface area contributed by atoms with E-state index in [9.17, 15) is 19.1 Å². The zero-order valence-electron chi connectivity index (χ0n) is 22.7. The van der Waals surface area contributed by atoms with Crippen LogP contribution in [0.25, 0.3) is 5.76 Å². The van der Waals surface area contributed by atoms with Gasteiger partial charge in [-0.2, -0.15) is 0 Å². The molecule has 1 N–H and O–H groups in total. The molecule has 1 amide bonds. The van der Waals surface area contributed by atoms with Crippen molar-refractivity contribution in [2.75, 3.05) is 11.5 Å². The number of hydrogen-bond acceptors (Lipinski definition) is 9. The molecule has 4 aromatic rings. The number of halogens is 1. The lowest BCUT2D eigenvalue weighted by molar-refractivity contribution is -0.132. The minimum atomic E-state index is -0.980. The van der Waals surface area contributed by atoms with E-state index in [2.05, 4.69) is 10.2 Å². The van der Waals surface area contributed by atoms with Gasteiger partial charge in [0.05, 0.1) is 18.2 Å². The van der Waals surface area contributed by atoms with Crippen LogP contribution in [-0.2, 0) is 21.8 Å². The molecule has 0 bridgehead atoms. The molecule has 1 saturated heterocycles. The van der Waals surface area contributed by atoms with E-state index < -0.39 is 17.7 Å². The lowest BCUT2D eigenvalue weighted by Crippen LogP contribution is -2.29. The van der Waals surface area contributed by atoms with Gasteiger partial charge in [0.2, 0.25) is 5.13 Å². The van der Waals surface area contributed by atoms with Gasteiger partial charge in [-0.15, -0.1) is 10.2 Å². The fourth-order valence-corrected chi connectivity index (χ4v) is 6.98. The van der Waals surface area contributed by atoms with Crippen LogP contribution in [0.2, 0.25) is 0 Å². The van der Waals surface area contributed by atoms with Crippen LogP contribution in [0, 0.1) is 5.82 Å².